The molecule has 0 bridgehead atoms. The monoisotopic (exact) mass is 2040 g/mol. The molecule has 0 N–H and O–H groups in total. The fraction of sp³-hybridized carbons (Fsp3) is 0.250. The Bertz CT molecular complexity index is 7240. The van der Waals surface area contributed by atoms with E-state index in [-0.39, 0.29) is 34.0 Å². The lowest BCUT2D eigenvalue weighted by atomic mass is 10.1. The van der Waals surface area contributed by atoms with Crippen LogP contribution in [0.2, 0.25) is 0 Å². The lowest BCUT2D eigenvalue weighted by Gasteiger charge is -2.24. The number of ether oxygens (including phenoxy) is 15. The van der Waals surface area contributed by atoms with Gasteiger partial charge in [0.15, 0.2) is 93.2 Å². The van der Waals surface area contributed by atoms with E-state index in [0.29, 0.717) is 50.9 Å². The smallest absolute Gasteiger partial charge is 0.231 e. The maximum Gasteiger partial charge on any atom is 0.231 e. The molecule has 0 saturated carbocycles. The Morgan fingerprint density at radius 3 is 0.503 bits per heavy atom. The van der Waals surface area contributed by atoms with Gasteiger partial charge < -0.3 is 93.9 Å². The van der Waals surface area contributed by atoms with Crippen molar-refractivity contribution in [3.8, 4) is 86.2 Å². The third-order valence-corrected chi connectivity index (χ3v) is 41.8. The lowest BCUT2D eigenvalue weighted by Crippen LogP contribution is -2.26. The number of aryl methyl sites for hydroxylation is 20. The normalized spacial score (nSPS) is 13.2. The Balaban J connectivity index is 0.000000130. The third kappa shape index (κ3) is 20.4. The van der Waals surface area contributed by atoms with Crippen LogP contribution in [0.3, 0.4) is 0 Å². The van der Waals surface area contributed by atoms with Crippen molar-refractivity contribution in [2.75, 3.05) is 69.5 Å². The molecule has 145 heavy (non-hydrogen) atoms. The summed E-state index contributed by atoms with van der Waals surface area (Å²) in [5.41, 5.74) is 20.0. The highest BCUT2D eigenvalue weighted by molar-refractivity contribution is 7.87. The average Bonchev–Trinajstić information content (AvgIpc) is 1.74. The number of benzene rings is 15. The van der Waals surface area contributed by atoms with Crippen molar-refractivity contribution in [1.29, 1.82) is 0 Å². The van der Waals surface area contributed by atoms with Gasteiger partial charge in [-0.2, -0.15) is 0 Å². The van der Waals surface area contributed by atoms with Crippen molar-refractivity contribution in [3.63, 3.8) is 0 Å². The number of hydrogen-bond acceptors (Lipinski definition) is 20. The molecule has 0 spiro atoms. The standard InChI is InChI=1S/2C26H29O5P.C24H25O3P.C22H21O4P.C22H21O3P/c2*1-15-8-20(9-16(2)24(15)28-6)32(27,21-10-17(3)25(29-7)18(4)11-21)22-12-19(5)26-23(13-22)30-14-31-26;1-15-6-16(2)9-20(8-15)28(25,21-10-17(3)7-18(4)11-21)22-12-19(5)24-23(13-22)26-14-27-24;1-15-4-8-18(9-5-15)27(23,19-10-6-17(24-3)7-11-19)20-12-16(2)22-21(13-20)25-14-26-22;1-15-4-8-18(9-5-15)26(23,19-10-6-16(2)7-11-19)20-12-17(3)22-21(13-20)24-14-25-22/h2*8-13H,14H2,1-7H3;6-13H,14H2,1-5H3;4-13H,14H2,1-3H3;4-13H,14H2,1-3H3. The van der Waals surface area contributed by atoms with E-state index >= 15 is 9.13 Å². The molecule has 0 saturated heterocycles. The van der Waals surface area contributed by atoms with Gasteiger partial charge in [-0.05, 0) is 369 Å². The molecule has 1 unspecified atom stereocenters. The van der Waals surface area contributed by atoms with Gasteiger partial charge in [-0.15, -0.1) is 0 Å². The molecule has 5 aliphatic rings. The van der Waals surface area contributed by atoms with Gasteiger partial charge in [-0.3, -0.25) is 0 Å². The highest BCUT2D eigenvalue weighted by Gasteiger charge is 2.41. The van der Waals surface area contributed by atoms with E-state index in [4.69, 9.17) is 71.1 Å². The van der Waals surface area contributed by atoms with Crippen molar-refractivity contribution in [3.05, 3.63) is 354 Å². The van der Waals surface area contributed by atoms with Gasteiger partial charge in [-0.25, -0.2) is 0 Å². The van der Waals surface area contributed by atoms with Crippen LogP contribution in [0.4, 0.5) is 0 Å². The Morgan fingerprint density at radius 1 is 0.166 bits per heavy atom. The summed E-state index contributed by atoms with van der Waals surface area (Å²) in [7, 11) is -7.41. The lowest BCUT2D eigenvalue weighted by molar-refractivity contribution is 0.173. The molecule has 25 heteroatoms. The summed E-state index contributed by atoms with van der Waals surface area (Å²) in [5.74, 6) is 10.8. The molecule has 0 amide bonds. The van der Waals surface area contributed by atoms with Crippen molar-refractivity contribution in [2.24, 2.45) is 0 Å². The minimum absolute atomic E-state index is 0.172. The van der Waals surface area contributed by atoms with E-state index in [1.807, 2.05) is 369 Å². The first-order valence-corrected chi connectivity index (χ1v) is 56.4. The average molecular weight is 2040 g/mol. The Morgan fingerprint density at radius 2 is 0.324 bits per heavy atom. The summed E-state index contributed by atoms with van der Waals surface area (Å²) >= 11 is 0. The maximum atomic E-state index is 15.2. The zero-order valence-corrected chi connectivity index (χ0v) is 91.5. The van der Waals surface area contributed by atoms with Gasteiger partial charge in [0.1, 0.15) is 28.7 Å². The molecule has 5 heterocycles. The number of rotatable bonds is 20. The van der Waals surface area contributed by atoms with Crippen LogP contribution in [0.5, 0.6) is 86.2 Å². The van der Waals surface area contributed by atoms with Crippen molar-refractivity contribution in [1.82, 2.24) is 0 Å². The van der Waals surface area contributed by atoms with Gasteiger partial charge >= 0.3 is 0 Å². The molecule has 15 aromatic rings. The van der Waals surface area contributed by atoms with Crippen LogP contribution in [-0.2, 0) is 22.8 Å². The van der Waals surface area contributed by atoms with Crippen LogP contribution in [0.15, 0.2) is 243 Å². The maximum absolute atomic E-state index is 15.2. The molecule has 0 aromatic heterocycles. The van der Waals surface area contributed by atoms with Crippen LogP contribution < -0.4 is 151 Å². The summed E-state index contributed by atoms with van der Waals surface area (Å²) in [4.78, 5) is 0. The van der Waals surface area contributed by atoms with E-state index in [1.165, 1.54) is 0 Å². The molecule has 1 atom stereocenters. The van der Waals surface area contributed by atoms with Crippen molar-refractivity contribution in [2.45, 2.75) is 138 Å². The minimum Gasteiger partial charge on any atom is -0.497 e. The number of fused-ring (bicyclic) bond motifs is 5. The van der Waals surface area contributed by atoms with Gasteiger partial charge in [0.05, 0.1) is 35.5 Å². The van der Waals surface area contributed by atoms with Gasteiger partial charge in [0.2, 0.25) is 34.0 Å². The van der Waals surface area contributed by atoms with Gasteiger partial charge in [-0.1, -0.05) is 124 Å². The summed E-state index contributed by atoms with van der Waals surface area (Å²) in [6, 6.07) is 78.6. The molecule has 15 aromatic carbocycles. The van der Waals surface area contributed by atoms with E-state index < -0.39 is 35.7 Å². The first-order chi connectivity index (χ1) is 69.2. The van der Waals surface area contributed by atoms with Crippen LogP contribution >= 0.6 is 35.7 Å². The zero-order valence-electron chi connectivity index (χ0n) is 87.0. The summed E-state index contributed by atoms with van der Waals surface area (Å²) < 4.78 is 158. The number of hydrogen-bond donors (Lipinski definition) is 0. The fourth-order valence-electron chi connectivity index (χ4n) is 20.0. The topological polar surface area (TPSA) is 224 Å². The summed E-state index contributed by atoms with van der Waals surface area (Å²) in [6.07, 6.45) is 0. The third-order valence-electron chi connectivity index (χ3n) is 26.9. The van der Waals surface area contributed by atoms with Crippen LogP contribution in [-0.4, -0.2) is 69.5 Å². The van der Waals surface area contributed by atoms with E-state index in [2.05, 4.69) is 12.1 Å². The van der Waals surface area contributed by atoms with E-state index in [9.17, 15) is 13.7 Å². The van der Waals surface area contributed by atoms with E-state index in [0.717, 1.165) is 226 Å². The highest BCUT2D eigenvalue weighted by Crippen LogP contribution is 2.54. The molecule has 0 aliphatic carbocycles. The SMILES string of the molecule is COc1c(C)cc(P(=O)(c2cc(C)c(OC)c(C)c2)c2cc(C)c3c(c2)OCO3)cc1C.COc1c(C)cc(P(=O)(c2cc(C)c(OC)c(C)c2)c2cc(C)c3c(c2)OCO3)cc1C.COc1ccc(P(=O)(c2ccc(C)cc2)c2cc(C)c3c(c2)OCO3)cc1.Cc1cc(C)cc(P(=O)(c2cc(C)cc(C)c2)c2cc(C)c3c(c2)OCO3)c1.Cc1ccc(P(=O)(c2ccc(C)cc2)c2cc(C)c3c(c2)OCO3)cc1. The Kier molecular flexibility index (Phi) is 30.7. The Labute approximate surface area is 851 Å². The molecular formula is C120H125O20P5. The number of methoxy groups -OCH3 is 5. The summed E-state index contributed by atoms with van der Waals surface area (Å²) in [6.45, 7) is 40.9. The largest absolute Gasteiger partial charge is 0.497 e. The molecule has 20 rings (SSSR count). The van der Waals surface area contributed by atoms with Crippen molar-refractivity contribution < 1.29 is 93.9 Å². The van der Waals surface area contributed by atoms with E-state index in [1.54, 1.807) is 35.5 Å². The predicted octanol–water partition coefficient (Wildman–Crippen LogP) is 21.5. The first kappa shape index (κ1) is 104. The zero-order chi connectivity index (χ0) is 104. The van der Waals surface area contributed by atoms with Crippen LogP contribution in [0.1, 0.15) is 111 Å². The van der Waals surface area contributed by atoms with Gasteiger partial charge in [0.25, 0.3) is 0 Å². The minimum atomic E-state index is -3.25. The van der Waals surface area contributed by atoms with Crippen molar-refractivity contribution >= 4 is 115 Å². The second-order valence-corrected chi connectivity index (χ2v) is 51.7. The molecular weight excluding hydrogens is 1920 g/mol. The molecule has 20 nitrogen and oxygen atoms in total. The second kappa shape index (κ2) is 42.6. The fourth-order valence-corrected chi connectivity index (χ4v) is 34.7. The first-order valence-electron chi connectivity index (χ1n) is 47.9. The molecule has 0 fully saturated rings. The molecule has 0 radical (unpaired) electrons. The Hall–Kier alpha value is -13.6. The predicted molar refractivity (Wildman–Crippen MR) is 587 cm³/mol. The highest BCUT2D eigenvalue weighted by atomic mass is 31.2. The molecule has 5 aliphatic heterocycles. The summed E-state index contributed by atoms with van der Waals surface area (Å²) in [5, 5.41) is 11.7. The van der Waals surface area contributed by atoms with Crippen LogP contribution in [0, 0.1) is 138 Å². The molecule has 750 valence electrons. The van der Waals surface area contributed by atoms with Gasteiger partial charge in [0, 0.05) is 79.6 Å². The quantitative estimate of drug-likeness (QED) is 0.0647. The second-order valence-electron chi connectivity index (χ2n) is 37.9. The van der Waals surface area contributed by atoms with Crippen LogP contribution in [0.25, 0.3) is 0 Å².